The minimum absolute atomic E-state index is 0.929. The van der Waals surface area contributed by atoms with Gasteiger partial charge >= 0.3 is 0 Å². The Kier molecular flexibility index (Phi) is 1.96. The maximum absolute atomic E-state index is 5.35. The predicted molar refractivity (Wildman–Crippen MR) is 61.8 cm³/mol. The van der Waals surface area contributed by atoms with Crippen molar-refractivity contribution in [3.8, 4) is 21.2 Å². The van der Waals surface area contributed by atoms with Gasteiger partial charge in [-0.05, 0) is 36.4 Å². The third-order valence-corrected chi connectivity index (χ3v) is 3.37. The number of H-pyrrole nitrogens is 1. The quantitative estimate of drug-likeness (QED) is 0.687. The third kappa shape index (κ3) is 1.51. The van der Waals surface area contributed by atoms with E-state index in [1.54, 1.807) is 17.6 Å². The number of thiophene rings is 1. The van der Waals surface area contributed by atoms with Crippen molar-refractivity contribution in [3.05, 3.63) is 48.9 Å². The Morgan fingerprint density at radius 1 is 1.00 bits per heavy atom. The van der Waals surface area contributed by atoms with Crippen molar-refractivity contribution >= 4 is 11.3 Å². The lowest BCUT2D eigenvalue weighted by molar-refractivity contribution is 0.584. The molecule has 15 heavy (non-hydrogen) atoms. The van der Waals surface area contributed by atoms with Crippen molar-refractivity contribution in [2.24, 2.45) is 0 Å². The maximum Gasteiger partial charge on any atom is 0.143 e. The van der Waals surface area contributed by atoms with Gasteiger partial charge in [0.1, 0.15) is 5.76 Å². The fourth-order valence-electron chi connectivity index (χ4n) is 1.52. The van der Waals surface area contributed by atoms with Gasteiger partial charge < -0.3 is 9.40 Å². The van der Waals surface area contributed by atoms with Gasteiger partial charge in [0, 0.05) is 6.20 Å². The molecule has 0 amide bonds. The van der Waals surface area contributed by atoms with Gasteiger partial charge in [0.25, 0.3) is 0 Å². The van der Waals surface area contributed by atoms with Crippen LogP contribution in [0.3, 0.4) is 0 Å². The second kappa shape index (κ2) is 3.44. The van der Waals surface area contributed by atoms with Crippen LogP contribution in [0.25, 0.3) is 21.2 Å². The Morgan fingerprint density at radius 2 is 1.93 bits per heavy atom. The number of aromatic amines is 1. The summed E-state index contributed by atoms with van der Waals surface area (Å²) in [6.07, 6.45) is 3.63. The van der Waals surface area contributed by atoms with Crippen LogP contribution in [0.5, 0.6) is 0 Å². The third-order valence-electron chi connectivity index (χ3n) is 2.23. The number of furan rings is 1. The van der Waals surface area contributed by atoms with Crippen molar-refractivity contribution in [2.45, 2.75) is 0 Å². The molecule has 0 fully saturated rings. The Morgan fingerprint density at radius 3 is 2.67 bits per heavy atom. The minimum atomic E-state index is 0.929. The lowest BCUT2D eigenvalue weighted by atomic mass is 10.3. The summed E-state index contributed by atoms with van der Waals surface area (Å²) >= 11 is 1.72. The smallest absolute Gasteiger partial charge is 0.143 e. The zero-order valence-electron chi connectivity index (χ0n) is 7.94. The fraction of sp³-hybridized carbons (Fsp3) is 0. The summed E-state index contributed by atoms with van der Waals surface area (Å²) in [5.41, 5.74) is 1.15. The van der Waals surface area contributed by atoms with E-state index in [0.717, 1.165) is 16.3 Å². The highest BCUT2D eigenvalue weighted by Gasteiger charge is 2.06. The summed E-state index contributed by atoms with van der Waals surface area (Å²) in [7, 11) is 0. The molecule has 0 aromatic carbocycles. The van der Waals surface area contributed by atoms with Gasteiger partial charge in [-0.15, -0.1) is 11.3 Å². The van der Waals surface area contributed by atoms with Gasteiger partial charge in [0.05, 0.1) is 21.7 Å². The van der Waals surface area contributed by atoms with Crippen LogP contribution in [0.1, 0.15) is 0 Å². The Labute approximate surface area is 91.2 Å². The van der Waals surface area contributed by atoms with Crippen LogP contribution in [0.2, 0.25) is 0 Å². The number of nitrogens with one attached hydrogen (secondary N) is 1. The Hall–Kier alpha value is -1.74. The molecule has 0 unspecified atom stereocenters. The van der Waals surface area contributed by atoms with Gasteiger partial charge in [0.15, 0.2) is 0 Å². The summed E-state index contributed by atoms with van der Waals surface area (Å²) in [5, 5.41) is 0. The molecule has 1 N–H and O–H groups in total. The van der Waals surface area contributed by atoms with E-state index < -0.39 is 0 Å². The van der Waals surface area contributed by atoms with E-state index in [0.29, 0.717) is 0 Å². The van der Waals surface area contributed by atoms with E-state index in [1.807, 2.05) is 24.4 Å². The molecule has 3 heteroatoms. The SMILES string of the molecule is c1c[nH]c(-c2ccc(-c3ccco3)s2)c1. The summed E-state index contributed by atoms with van der Waals surface area (Å²) in [5.74, 6) is 0.929. The summed E-state index contributed by atoms with van der Waals surface area (Å²) < 4.78 is 5.35. The second-order valence-corrected chi connectivity index (χ2v) is 4.31. The molecule has 0 saturated carbocycles. The number of hydrogen-bond acceptors (Lipinski definition) is 2. The van der Waals surface area contributed by atoms with Crippen LogP contribution < -0.4 is 0 Å². The second-order valence-electron chi connectivity index (χ2n) is 3.22. The van der Waals surface area contributed by atoms with Gasteiger partial charge in [-0.1, -0.05) is 0 Å². The van der Waals surface area contributed by atoms with Crippen LogP contribution in [-0.4, -0.2) is 4.98 Å². The molecule has 3 heterocycles. The zero-order chi connectivity index (χ0) is 10.1. The summed E-state index contributed by atoms with van der Waals surface area (Å²) in [6, 6.07) is 12.1. The topological polar surface area (TPSA) is 28.9 Å². The first-order valence-corrected chi connectivity index (χ1v) is 5.52. The normalized spacial score (nSPS) is 10.7. The molecule has 0 saturated heterocycles. The van der Waals surface area contributed by atoms with E-state index in [4.69, 9.17) is 4.42 Å². The Bertz CT molecular complexity index is 485. The molecule has 0 atom stereocenters. The van der Waals surface area contributed by atoms with Crippen LogP contribution in [0.4, 0.5) is 0 Å². The van der Waals surface area contributed by atoms with Crippen LogP contribution in [-0.2, 0) is 0 Å². The average Bonchev–Trinajstić information content (AvgIpc) is 3.02. The van der Waals surface area contributed by atoms with E-state index >= 15 is 0 Å². The highest BCUT2D eigenvalue weighted by atomic mass is 32.1. The first-order valence-electron chi connectivity index (χ1n) is 4.71. The van der Waals surface area contributed by atoms with Gasteiger partial charge in [-0.2, -0.15) is 0 Å². The zero-order valence-corrected chi connectivity index (χ0v) is 8.75. The average molecular weight is 215 g/mol. The summed E-state index contributed by atoms with van der Waals surface area (Å²) in [6.45, 7) is 0. The molecule has 0 aliphatic carbocycles. The molecule has 0 aliphatic rings. The maximum atomic E-state index is 5.35. The van der Waals surface area contributed by atoms with E-state index in [2.05, 4.69) is 23.2 Å². The molecule has 3 rings (SSSR count). The van der Waals surface area contributed by atoms with Crippen molar-refractivity contribution in [2.75, 3.05) is 0 Å². The fourth-order valence-corrected chi connectivity index (χ4v) is 2.48. The first kappa shape index (κ1) is 8.56. The number of hydrogen-bond donors (Lipinski definition) is 1. The lowest BCUT2D eigenvalue weighted by Crippen LogP contribution is -1.66. The van der Waals surface area contributed by atoms with Crippen LogP contribution >= 0.6 is 11.3 Å². The number of aromatic nitrogens is 1. The molecule has 3 aromatic heterocycles. The first-order chi connectivity index (χ1) is 7.43. The van der Waals surface area contributed by atoms with Crippen molar-refractivity contribution in [1.82, 2.24) is 4.98 Å². The predicted octanol–water partition coefficient (Wildman–Crippen LogP) is 4.00. The van der Waals surface area contributed by atoms with Gasteiger partial charge in [-0.25, -0.2) is 0 Å². The lowest BCUT2D eigenvalue weighted by Gasteiger charge is -1.90. The molecule has 2 nitrogen and oxygen atoms in total. The van der Waals surface area contributed by atoms with E-state index in [9.17, 15) is 0 Å². The molecule has 0 bridgehead atoms. The monoisotopic (exact) mass is 215 g/mol. The van der Waals surface area contributed by atoms with Crippen molar-refractivity contribution in [3.63, 3.8) is 0 Å². The number of rotatable bonds is 2. The Balaban J connectivity index is 2.02. The summed E-state index contributed by atoms with van der Waals surface area (Å²) in [4.78, 5) is 5.58. The molecular weight excluding hydrogens is 206 g/mol. The highest BCUT2D eigenvalue weighted by molar-refractivity contribution is 7.18. The molecule has 74 valence electrons. The minimum Gasteiger partial charge on any atom is -0.464 e. The molecule has 0 aliphatic heterocycles. The van der Waals surface area contributed by atoms with Crippen LogP contribution in [0, 0.1) is 0 Å². The molecule has 0 radical (unpaired) electrons. The largest absolute Gasteiger partial charge is 0.464 e. The standard InChI is InChI=1S/C12H9NOS/c1-3-9(13-7-1)11-5-6-12(15-11)10-4-2-8-14-10/h1-8,13H. The highest BCUT2D eigenvalue weighted by Crippen LogP contribution is 2.33. The van der Waals surface area contributed by atoms with Crippen molar-refractivity contribution in [1.29, 1.82) is 0 Å². The molecule has 3 aromatic rings. The van der Waals surface area contributed by atoms with Crippen molar-refractivity contribution < 1.29 is 4.42 Å². The molecule has 0 spiro atoms. The van der Waals surface area contributed by atoms with E-state index in [1.165, 1.54) is 4.88 Å². The van der Waals surface area contributed by atoms with E-state index in [-0.39, 0.29) is 0 Å². The van der Waals surface area contributed by atoms with Gasteiger partial charge in [-0.3, -0.25) is 0 Å². The molecular formula is C12H9NOS. The van der Waals surface area contributed by atoms with Crippen LogP contribution in [0.15, 0.2) is 53.3 Å². The van der Waals surface area contributed by atoms with Gasteiger partial charge in [0.2, 0.25) is 0 Å².